The van der Waals surface area contributed by atoms with E-state index in [4.69, 9.17) is 0 Å². The molecule has 0 aliphatic carbocycles. The van der Waals surface area contributed by atoms with Gasteiger partial charge in [0.1, 0.15) is 23.5 Å². The molecule has 32 heavy (non-hydrogen) atoms. The summed E-state index contributed by atoms with van der Waals surface area (Å²) in [6, 6.07) is 19.6. The molecule has 0 spiro atoms. The molecule has 4 rings (SSSR count). The van der Waals surface area contributed by atoms with Crippen LogP contribution in [0.2, 0.25) is 0 Å². The average molecular weight is 438 g/mol. The number of halogens is 1. The Morgan fingerprint density at radius 3 is 2.34 bits per heavy atom. The van der Waals surface area contributed by atoms with Crippen LogP contribution in [-0.4, -0.2) is 26.7 Å². The second-order valence-corrected chi connectivity index (χ2v) is 8.39. The molecule has 4 atom stereocenters. The highest BCUT2D eigenvalue weighted by molar-refractivity contribution is 5.53. The topological polar surface area (TPSA) is 84.2 Å². The predicted molar refractivity (Wildman–Crippen MR) is 121 cm³/mol. The number of aromatic hydroxyl groups is 2. The van der Waals surface area contributed by atoms with Gasteiger partial charge in [-0.3, -0.25) is 0 Å². The molecule has 3 aromatic rings. The van der Waals surface area contributed by atoms with E-state index in [-0.39, 0.29) is 29.3 Å². The van der Waals surface area contributed by atoms with Crippen molar-refractivity contribution in [3.05, 3.63) is 89.7 Å². The number of phenolic OH excluding ortho intramolecular Hbond substituents is 2. The van der Waals surface area contributed by atoms with Crippen LogP contribution < -0.4 is 4.90 Å². The Bertz CT molecular complexity index is 1030. The fourth-order valence-electron chi connectivity index (χ4n) is 4.72. The molecule has 1 fully saturated rings. The number of aliphatic hydroxyl groups excluding tert-OH is 2. The summed E-state index contributed by atoms with van der Waals surface area (Å²) in [6.07, 6.45) is 0.910. The van der Waals surface area contributed by atoms with E-state index in [1.54, 1.807) is 18.2 Å². The molecular formula is C26H28FNO4. The van der Waals surface area contributed by atoms with Gasteiger partial charge >= 0.3 is 0 Å². The molecule has 1 aliphatic heterocycles. The monoisotopic (exact) mass is 437 g/mol. The smallest absolute Gasteiger partial charge is 0.127 e. The van der Waals surface area contributed by atoms with Gasteiger partial charge in [0.25, 0.3) is 0 Å². The fraction of sp³-hybridized carbons (Fsp3) is 0.308. The molecule has 3 aromatic carbocycles. The van der Waals surface area contributed by atoms with Gasteiger partial charge in [0.2, 0.25) is 0 Å². The van der Waals surface area contributed by atoms with Crippen molar-refractivity contribution in [1.82, 2.24) is 0 Å². The maximum atomic E-state index is 13.2. The van der Waals surface area contributed by atoms with Crippen LogP contribution in [0.4, 0.5) is 10.1 Å². The van der Waals surface area contributed by atoms with Crippen LogP contribution in [-0.2, 0) is 0 Å². The molecular weight excluding hydrogens is 409 g/mol. The molecule has 0 saturated carbocycles. The Morgan fingerprint density at radius 1 is 0.938 bits per heavy atom. The molecule has 168 valence electrons. The van der Waals surface area contributed by atoms with Gasteiger partial charge in [0.05, 0.1) is 12.1 Å². The number of anilines is 1. The standard InChI is InChI=1S/C26H28FNO4/c27-19-10-6-17(7-11-19)23(30)14-8-18-9-15-25(32)28(20-4-2-1-3-5-20)26(18)22-13-12-21(29)16-24(22)31/h1-7,10-13,16,18,23,25-26,29-32H,8-9,14-15H2. The largest absolute Gasteiger partial charge is 0.508 e. The van der Waals surface area contributed by atoms with Crippen molar-refractivity contribution in [3.8, 4) is 11.5 Å². The molecule has 4 N–H and O–H groups in total. The van der Waals surface area contributed by atoms with Gasteiger partial charge in [-0.1, -0.05) is 30.3 Å². The molecule has 0 bridgehead atoms. The van der Waals surface area contributed by atoms with Gasteiger partial charge in [-0.15, -0.1) is 0 Å². The van der Waals surface area contributed by atoms with E-state index in [0.29, 0.717) is 36.8 Å². The number of aliphatic hydroxyl groups is 2. The Labute approximate surface area is 187 Å². The highest BCUT2D eigenvalue weighted by atomic mass is 19.1. The summed E-state index contributed by atoms with van der Waals surface area (Å²) in [6.45, 7) is 0. The van der Waals surface area contributed by atoms with Crippen molar-refractivity contribution >= 4 is 5.69 Å². The first-order chi connectivity index (χ1) is 15.4. The SMILES string of the molecule is Oc1ccc(C2C(CCC(O)c3ccc(F)cc3)CCC(O)N2c2ccccc2)c(O)c1. The Balaban J connectivity index is 1.64. The minimum Gasteiger partial charge on any atom is -0.508 e. The number of rotatable bonds is 6. The van der Waals surface area contributed by atoms with E-state index in [1.807, 2.05) is 35.2 Å². The number of hydrogen-bond donors (Lipinski definition) is 4. The van der Waals surface area contributed by atoms with Gasteiger partial charge in [-0.2, -0.15) is 0 Å². The third-order valence-corrected chi connectivity index (χ3v) is 6.32. The molecule has 4 unspecified atom stereocenters. The van der Waals surface area contributed by atoms with Crippen LogP contribution in [0, 0.1) is 11.7 Å². The third-order valence-electron chi connectivity index (χ3n) is 6.32. The molecule has 1 aliphatic rings. The predicted octanol–water partition coefficient (Wildman–Crippen LogP) is 5.03. The molecule has 0 amide bonds. The van der Waals surface area contributed by atoms with Crippen molar-refractivity contribution in [3.63, 3.8) is 0 Å². The number of hydrogen-bond acceptors (Lipinski definition) is 5. The molecule has 5 nitrogen and oxygen atoms in total. The number of nitrogens with zero attached hydrogens (tertiary/aromatic N) is 1. The van der Waals surface area contributed by atoms with Crippen LogP contribution in [0.1, 0.15) is 49.0 Å². The van der Waals surface area contributed by atoms with Crippen molar-refractivity contribution in [2.24, 2.45) is 5.92 Å². The van der Waals surface area contributed by atoms with Gasteiger partial charge in [-0.05, 0) is 73.6 Å². The van der Waals surface area contributed by atoms with Gasteiger partial charge < -0.3 is 25.3 Å². The first kappa shape index (κ1) is 22.1. The summed E-state index contributed by atoms with van der Waals surface area (Å²) in [5.41, 5.74) is 2.11. The molecule has 6 heteroatoms. The molecule has 1 saturated heterocycles. The lowest BCUT2D eigenvalue weighted by Crippen LogP contribution is -2.46. The van der Waals surface area contributed by atoms with Crippen molar-refractivity contribution in [2.75, 3.05) is 4.90 Å². The van der Waals surface area contributed by atoms with Crippen LogP contribution in [0.15, 0.2) is 72.8 Å². The lowest BCUT2D eigenvalue weighted by atomic mass is 9.79. The third kappa shape index (κ3) is 4.71. The molecule has 0 radical (unpaired) electrons. The van der Waals surface area contributed by atoms with Gasteiger partial charge in [0, 0.05) is 17.3 Å². The zero-order valence-corrected chi connectivity index (χ0v) is 17.7. The Hall–Kier alpha value is -3.09. The molecule has 0 aromatic heterocycles. The number of piperidine rings is 1. The van der Waals surface area contributed by atoms with Crippen molar-refractivity contribution < 1.29 is 24.8 Å². The fourth-order valence-corrected chi connectivity index (χ4v) is 4.72. The maximum Gasteiger partial charge on any atom is 0.127 e. The summed E-state index contributed by atoms with van der Waals surface area (Å²) < 4.78 is 13.2. The Kier molecular flexibility index (Phi) is 6.63. The minimum atomic E-state index is -0.735. The first-order valence-corrected chi connectivity index (χ1v) is 10.9. The minimum absolute atomic E-state index is 0.0304. The second kappa shape index (κ2) is 9.59. The highest BCUT2D eigenvalue weighted by Crippen LogP contribution is 2.46. The first-order valence-electron chi connectivity index (χ1n) is 10.9. The van der Waals surface area contributed by atoms with E-state index in [2.05, 4.69) is 0 Å². The van der Waals surface area contributed by atoms with E-state index in [9.17, 15) is 24.8 Å². The summed E-state index contributed by atoms with van der Waals surface area (Å²) >= 11 is 0. The van der Waals surface area contributed by atoms with Gasteiger partial charge in [-0.25, -0.2) is 4.39 Å². The summed E-state index contributed by atoms with van der Waals surface area (Å²) in [5, 5.41) is 42.0. The van der Waals surface area contributed by atoms with E-state index >= 15 is 0 Å². The lowest BCUT2D eigenvalue weighted by molar-refractivity contribution is 0.0840. The average Bonchev–Trinajstić information content (AvgIpc) is 2.79. The van der Waals surface area contributed by atoms with Gasteiger partial charge in [0.15, 0.2) is 0 Å². The van der Waals surface area contributed by atoms with E-state index in [0.717, 1.165) is 5.69 Å². The number of benzene rings is 3. The quantitative estimate of drug-likeness (QED) is 0.435. The van der Waals surface area contributed by atoms with E-state index in [1.165, 1.54) is 24.3 Å². The van der Waals surface area contributed by atoms with Crippen LogP contribution in [0.3, 0.4) is 0 Å². The van der Waals surface area contributed by atoms with E-state index < -0.39 is 12.3 Å². The lowest BCUT2D eigenvalue weighted by Gasteiger charge is -2.46. The van der Waals surface area contributed by atoms with Crippen LogP contribution in [0.5, 0.6) is 11.5 Å². The zero-order valence-electron chi connectivity index (χ0n) is 17.7. The highest BCUT2D eigenvalue weighted by Gasteiger charge is 2.39. The normalized spacial score (nSPS) is 22.0. The zero-order chi connectivity index (χ0) is 22.7. The summed E-state index contributed by atoms with van der Waals surface area (Å²) in [7, 11) is 0. The van der Waals surface area contributed by atoms with Crippen LogP contribution >= 0.6 is 0 Å². The number of para-hydroxylation sites is 1. The summed E-state index contributed by atoms with van der Waals surface area (Å²) in [5.74, 6) is -0.376. The maximum absolute atomic E-state index is 13.2. The van der Waals surface area contributed by atoms with Crippen molar-refractivity contribution in [2.45, 2.75) is 44.1 Å². The second-order valence-electron chi connectivity index (χ2n) is 8.39. The molecule has 1 heterocycles. The van der Waals surface area contributed by atoms with Crippen LogP contribution in [0.25, 0.3) is 0 Å². The van der Waals surface area contributed by atoms with Crippen molar-refractivity contribution in [1.29, 1.82) is 0 Å². The summed E-state index contributed by atoms with van der Waals surface area (Å²) in [4.78, 5) is 1.91. The number of phenols is 2. The Morgan fingerprint density at radius 2 is 1.66 bits per heavy atom.